The molecule has 0 heterocycles. The maximum atomic E-state index is 11.9. The van der Waals surface area contributed by atoms with Crippen molar-refractivity contribution in [1.29, 1.82) is 0 Å². The van der Waals surface area contributed by atoms with Gasteiger partial charge in [-0.1, -0.05) is 206 Å². The largest absolute Gasteiger partial charge is 0.331 e. The molecule has 292 valence electrons. The molecule has 0 saturated carbocycles. The van der Waals surface area contributed by atoms with Crippen LogP contribution in [0, 0.1) is 0 Å². The van der Waals surface area contributed by atoms with Gasteiger partial charge in [-0.3, -0.25) is 9.13 Å². The fraction of sp³-hybridized carbons (Fsp3) is 1.00. The molecular weight excluding hydrogens is 638 g/mol. The van der Waals surface area contributed by atoms with Gasteiger partial charge < -0.3 is 18.8 Å². The number of unbranched alkanes of at least 4 members (excludes halogenated alkanes) is 29. The maximum Gasteiger partial charge on any atom is 0.331 e. The molecule has 0 radical (unpaired) electrons. The molecule has 0 aromatic heterocycles. The second-order valence-corrected chi connectivity index (χ2v) is 19.8. The summed E-state index contributed by atoms with van der Waals surface area (Å²) in [6.07, 6.45) is 42.5. The molecule has 6 nitrogen and oxygen atoms in total. The van der Waals surface area contributed by atoms with Crippen molar-refractivity contribution in [3.8, 4) is 0 Å². The average Bonchev–Trinajstić information content (AvgIpc) is 3.06. The van der Waals surface area contributed by atoms with Gasteiger partial charge in [-0.05, 0) is 26.7 Å². The standard InChI is InChI=1S/2C20H43O3P/c1-4-5-6-7-8-9-10-11-12-13-14-15-16-17-18-19-20-24(21,22-2)23-3;1-4-5-6-7-8-9-10-11-12-13-14-15-16-17-18-19-20(2,3)24(21,22)23/h4-20H2,1-3H3;4-19H2,1-3H3,(H2,21,22,23). The van der Waals surface area contributed by atoms with Crippen LogP contribution in [-0.4, -0.2) is 35.3 Å². The maximum absolute atomic E-state index is 11.9. The molecular formula is C40H86O6P2. The molecule has 0 aromatic rings. The fourth-order valence-electron chi connectivity index (χ4n) is 6.19. The van der Waals surface area contributed by atoms with E-state index in [0.29, 0.717) is 12.6 Å². The van der Waals surface area contributed by atoms with Gasteiger partial charge in [0.2, 0.25) is 0 Å². The summed E-state index contributed by atoms with van der Waals surface area (Å²) in [7, 11) is -3.79. The normalized spacial score (nSPS) is 12.3. The van der Waals surface area contributed by atoms with Crippen molar-refractivity contribution in [2.45, 2.75) is 238 Å². The van der Waals surface area contributed by atoms with Crippen molar-refractivity contribution in [2.24, 2.45) is 0 Å². The SMILES string of the molecule is CCCCCCCCCCCCCCCCCC(C)(C)P(=O)(O)O.CCCCCCCCCCCCCCCCCCP(=O)(OC)OC. The lowest BCUT2D eigenvalue weighted by Gasteiger charge is -2.25. The number of hydrogen-bond acceptors (Lipinski definition) is 4. The Hall–Kier alpha value is 0.300. The highest BCUT2D eigenvalue weighted by Crippen LogP contribution is 2.52. The molecule has 0 spiro atoms. The number of rotatable bonds is 36. The highest BCUT2D eigenvalue weighted by atomic mass is 31.2. The molecule has 0 fully saturated rings. The van der Waals surface area contributed by atoms with Crippen molar-refractivity contribution < 1.29 is 28.0 Å². The van der Waals surface area contributed by atoms with Crippen molar-refractivity contribution in [2.75, 3.05) is 20.4 Å². The third-order valence-corrected chi connectivity index (χ3v) is 13.8. The Morgan fingerprint density at radius 2 is 0.646 bits per heavy atom. The predicted molar refractivity (Wildman–Crippen MR) is 212 cm³/mol. The van der Waals surface area contributed by atoms with E-state index >= 15 is 0 Å². The lowest BCUT2D eigenvalue weighted by Crippen LogP contribution is -2.19. The minimum Gasteiger partial charge on any atom is -0.324 e. The van der Waals surface area contributed by atoms with Crippen molar-refractivity contribution >= 4 is 15.2 Å². The van der Waals surface area contributed by atoms with Crippen molar-refractivity contribution in [3.63, 3.8) is 0 Å². The number of hydrogen-bond donors (Lipinski definition) is 2. The Morgan fingerprint density at radius 1 is 0.417 bits per heavy atom. The minimum absolute atomic E-state index is 0.554. The first kappa shape index (κ1) is 50.4. The summed E-state index contributed by atoms with van der Waals surface area (Å²) in [5.74, 6) is 0. The summed E-state index contributed by atoms with van der Waals surface area (Å²) < 4.78 is 33.1. The van der Waals surface area contributed by atoms with Crippen LogP contribution in [0.2, 0.25) is 0 Å². The molecule has 0 unspecified atom stereocenters. The average molecular weight is 725 g/mol. The van der Waals surface area contributed by atoms with Crippen LogP contribution in [0.5, 0.6) is 0 Å². The summed E-state index contributed by atoms with van der Waals surface area (Å²) in [4.78, 5) is 18.5. The van der Waals surface area contributed by atoms with Gasteiger partial charge in [-0.25, -0.2) is 0 Å². The van der Waals surface area contributed by atoms with Crippen LogP contribution in [0.4, 0.5) is 0 Å². The van der Waals surface area contributed by atoms with Crippen LogP contribution in [-0.2, 0) is 18.2 Å². The third kappa shape index (κ3) is 34.7. The molecule has 0 aromatic carbocycles. The first-order valence-corrected chi connectivity index (χ1v) is 24.1. The van der Waals surface area contributed by atoms with Gasteiger partial charge >= 0.3 is 15.2 Å². The van der Waals surface area contributed by atoms with Crippen molar-refractivity contribution in [3.05, 3.63) is 0 Å². The highest BCUT2D eigenvalue weighted by molar-refractivity contribution is 7.53. The zero-order valence-electron chi connectivity index (χ0n) is 33.3. The van der Waals surface area contributed by atoms with E-state index in [-0.39, 0.29) is 0 Å². The highest BCUT2D eigenvalue weighted by Gasteiger charge is 2.36. The molecule has 0 bridgehead atoms. The van der Waals surface area contributed by atoms with Crippen LogP contribution in [0.3, 0.4) is 0 Å². The van der Waals surface area contributed by atoms with E-state index in [1.54, 1.807) is 13.8 Å². The second-order valence-electron chi connectivity index (χ2n) is 15.1. The lowest BCUT2D eigenvalue weighted by molar-refractivity contribution is 0.275. The Kier molecular flexibility index (Phi) is 37.5. The zero-order chi connectivity index (χ0) is 36.2. The molecule has 48 heavy (non-hydrogen) atoms. The summed E-state index contributed by atoms with van der Waals surface area (Å²) >= 11 is 0. The van der Waals surface area contributed by atoms with E-state index in [4.69, 9.17) is 9.05 Å². The van der Waals surface area contributed by atoms with Gasteiger partial charge in [0.1, 0.15) is 0 Å². The van der Waals surface area contributed by atoms with Crippen molar-refractivity contribution in [1.82, 2.24) is 0 Å². The van der Waals surface area contributed by atoms with E-state index in [2.05, 4.69) is 13.8 Å². The van der Waals surface area contributed by atoms with E-state index in [9.17, 15) is 18.9 Å². The molecule has 0 amide bonds. The fourth-order valence-corrected chi connectivity index (χ4v) is 7.76. The van der Waals surface area contributed by atoms with Crippen LogP contribution >= 0.6 is 15.2 Å². The summed E-state index contributed by atoms with van der Waals surface area (Å²) in [6.45, 7) is 7.90. The Balaban J connectivity index is 0. The van der Waals surface area contributed by atoms with Gasteiger partial charge in [-0.2, -0.15) is 0 Å². The van der Waals surface area contributed by atoms with E-state index in [1.807, 2.05) is 0 Å². The van der Waals surface area contributed by atoms with Gasteiger partial charge in [0, 0.05) is 14.2 Å². The summed E-state index contributed by atoms with van der Waals surface area (Å²) in [5.41, 5.74) is 0. The van der Waals surface area contributed by atoms with Crippen LogP contribution in [0.15, 0.2) is 0 Å². The topological polar surface area (TPSA) is 93.1 Å². The molecule has 8 heteroatoms. The van der Waals surface area contributed by atoms with Crippen LogP contribution in [0.1, 0.15) is 233 Å². The smallest absolute Gasteiger partial charge is 0.324 e. The Bertz CT molecular complexity index is 729. The lowest BCUT2D eigenvalue weighted by atomic mass is 10.0. The van der Waals surface area contributed by atoms with Gasteiger partial charge in [-0.15, -0.1) is 0 Å². The molecule has 0 saturated heterocycles. The van der Waals surface area contributed by atoms with E-state index < -0.39 is 20.3 Å². The molecule has 0 aliphatic heterocycles. The second kappa shape index (κ2) is 35.7. The van der Waals surface area contributed by atoms with Gasteiger partial charge in [0.05, 0.1) is 11.3 Å². The molecule has 0 rings (SSSR count). The zero-order valence-corrected chi connectivity index (χ0v) is 35.0. The molecule has 0 atom stereocenters. The van der Waals surface area contributed by atoms with Crippen LogP contribution < -0.4 is 0 Å². The van der Waals surface area contributed by atoms with E-state index in [1.165, 1.54) is 188 Å². The first-order valence-electron chi connectivity index (χ1n) is 20.8. The molecule has 0 aliphatic rings. The Labute approximate surface area is 301 Å². The quantitative estimate of drug-likeness (QED) is 0.0493. The van der Waals surface area contributed by atoms with E-state index in [0.717, 1.165) is 25.7 Å². The van der Waals surface area contributed by atoms with Gasteiger partial charge in [0.25, 0.3) is 0 Å². The Morgan fingerprint density at radius 3 is 0.875 bits per heavy atom. The molecule has 2 N–H and O–H groups in total. The van der Waals surface area contributed by atoms with Crippen LogP contribution in [0.25, 0.3) is 0 Å². The minimum atomic E-state index is -3.96. The van der Waals surface area contributed by atoms with Gasteiger partial charge in [0.15, 0.2) is 0 Å². The predicted octanol–water partition coefficient (Wildman–Crippen LogP) is 14.9. The summed E-state index contributed by atoms with van der Waals surface area (Å²) in [6, 6.07) is 0. The first-order chi connectivity index (χ1) is 23.0. The summed E-state index contributed by atoms with van der Waals surface area (Å²) in [5, 5.41) is -0.858. The molecule has 0 aliphatic carbocycles. The third-order valence-electron chi connectivity index (χ3n) is 10.0. The monoisotopic (exact) mass is 725 g/mol.